The maximum Gasteiger partial charge on any atom is 0.338 e. The Hall–Kier alpha value is -2.08. The number of unbranched alkanes of at least 4 members (excludes halogenated alkanes) is 2. The predicted octanol–water partition coefficient (Wildman–Crippen LogP) is 2.60. The van der Waals surface area contributed by atoms with Gasteiger partial charge in [0.1, 0.15) is 12.4 Å². The molecule has 0 spiro atoms. The molecule has 6 heteroatoms. The van der Waals surface area contributed by atoms with Gasteiger partial charge < -0.3 is 18.9 Å². The SMILES string of the molecule is COCCOc1ccc(C(=O)OCCCCCOC(C)=O)cc1. The second kappa shape index (κ2) is 11.5. The van der Waals surface area contributed by atoms with E-state index >= 15 is 0 Å². The van der Waals surface area contributed by atoms with Crippen LogP contribution in [0.4, 0.5) is 0 Å². The monoisotopic (exact) mass is 324 g/mol. The number of carbonyl (C=O) groups excluding carboxylic acids is 2. The Kier molecular flexibility index (Phi) is 9.47. The van der Waals surface area contributed by atoms with Crippen LogP contribution in [0.15, 0.2) is 24.3 Å². The van der Waals surface area contributed by atoms with Gasteiger partial charge >= 0.3 is 11.9 Å². The lowest BCUT2D eigenvalue weighted by Gasteiger charge is -2.07. The second-order valence-electron chi connectivity index (χ2n) is 4.90. The molecule has 0 aliphatic heterocycles. The summed E-state index contributed by atoms with van der Waals surface area (Å²) in [5, 5.41) is 0. The first kappa shape index (κ1) is 19.0. The Morgan fingerprint density at radius 3 is 2.13 bits per heavy atom. The van der Waals surface area contributed by atoms with Crippen molar-refractivity contribution in [2.24, 2.45) is 0 Å². The molecule has 0 radical (unpaired) electrons. The van der Waals surface area contributed by atoms with E-state index in [1.54, 1.807) is 31.4 Å². The van der Waals surface area contributed by atoms with Gasteiger partial charge in [-0.15, -0.1) is 0 Å². The molecule has 0 aliphatic rings. The number of carbonyl (C=O) groups is 2. The molecular weight excluding hydrogens is 300 g/mol. The van der Waals surface area contributed by atoms with E-state index in [1.807, 2.05) is 0 Å². The standard InChI is InChI=1S/C17H24O6/c1-14(18)21-10-4-3-5-11-23-17(19)15-6-8-16(9-7-15)22-13-12-20-2/h6-9H,3-5,10-13H2,1-2H3. The van der Waals surface area contributed by atoms with Crippen LogP contribution in [-0.4, -0.2) is 45.5 Å². The van der Waals surface area contributed by atoms with Gasteiger partial charge in [0, 0.05) is 14.0 Å². The summed E-state index contributed by atoms with van der Waals surface area (Å²) in [5.74, 6) is 0.0589. The van der Waals surface area contributed by atoms with E-state index in [0.717, 1.165) is 19.3 Å². The topological polar surface area (TPSA) is 71.1 Å². The number of esters is 2. The zero-order valence-corrected chi connectivity index (χ0v) is 13.7. The van der Waals surface area contributed by atoms with Crippen LogP contribution in [0.3, 0.4) is 0 Å². The van der Waals surface area contributed by atoms with E-state index in [-0.39, 0.29) is 11.9 Å². The largest absolute Gasteiger partial charge is 0.491 e. The fourth-order valence-corrected chi connectivity index (χ4v) is 1.78. The van der Waals surface area contributed by atoms with Crippen LogP contribution < -0.4 is 4.74 Å². The summed E-state index contributed by atoms with van der Waals surface area (Å²) in [6.07, 6.45) is 2.35. The smallest absolute Gasteiger partial charge is 0.338 e. The van der Waals surface area contributed by atoms with Crippen molar-refractivity contribution in [1.82, 2.24) is 0 Å². The Morgan fingerprint density at radius 1 is 0.870 bits per heavy atom. The van der Waals surface area contributed by atoms with Crippen molar-refractivity contribution in [2.75, 3.05) is 33.5 Å². The molecule has 23 heavy (non-hydrogen) atoms. The summed E-state index contributed by atoms with van der Waals surface area (Å²) in [5.41, 5.74) is 0.490. The van der Waals surface area contributed by atoms with Crippen LogP contribution in [-0.2, 0) is 19.0 Å². The molecule has 0 unspecified atom stereocenters. The van der Waals surface area contributed by atoms with E-state index in [4.69, 9.17) is 18.9 Å². The molecule has 128 valence electrons. The Bertz CT molecular complexity index is 468. The average molecular weight is 324 g/mol. The third kappa shape index (κ3) is 8.83. The van der Waals surface area contributed by atoms with E-state index in [1.165, 1.54) is 6.92 Å². The fourth-order valence-electron chi connectivity index (χ4n) is 1.78. The number of ether oxygens (including phenoxy) is 4. The molecule has 0 saturated heterocycles. The minimum Gasteiger partial charge on any atom is -0.491 e. The minimum absolute atomic E-state index is 0.272. The molecule has 0 aliphatic carbocycles. The van der Waals surface area contributed by atoms with Gasteiger partial charge in [-0.3, -0.25) is 4.79 Å². The molecule has 1 aromatic carbocycles. The molecule has 0 amide bonds. The lowest BCUT2D eigenvalue weighted by atomic mass is 10.2. The first-order chi connectivity index (χ1) is 11.1. The molecule has 0 bridgehead atoms. The number of benzene rings is 1. The third-order valence-corrected chi connectivity index (χ3v) is 2.97. The lowest BCUT2D eigenvalue weighted by molar-refractivity contribution is -0.141. The summed E-state index contributed by atoms with van der Waals surface area (Å²) >= 11 is 0. The van der Waals surface area contributed by atoms with E-state index in [0.29, 0.717) is 37.7 Å². The molecule has 6 nitrogen and oxygen atoms in total. The van der Waals surface area contributed by atoms with Gasteiger partial charge in [-0.05, 0) is 43.5 Å². The first-order valence-electron chi connectivity index (χ1n) is 7.65. The quantitative estimate of drug-likeness (QED) is 0.460. The molecule has 0 fully saturated rings. The molecular formula is C17H24O6. The van der Waals surface area contributed by atoms with Gasteiger partial charge in [0.15, 0.2) is 0 Å². The average Bonchev–Trinajstić information content (AvgIpc) is 2.54. The normalized spacial score (nSPS) is 10.2. The zero-order chi connectivity index (χ0) is 16.9. The third-order valence-electron chi connectivity index (χ3n) is 2.97. The summed E-state index contributed by atoms with van der Waals surface area (Å²) < 4.78 is 20.3. The number of methoxy groups -OCH3 is 1. The van der Waals surface area contributed by atoms with Gasteiger partial charge in [0.05, 0.1) is 25.4 Å². The van der Waals surface area contributed by atoms with Crippen molar-refractivity contribution >= 4 is 11.9 Å². The lowest BCUT2D eigenvalue weighted by Crippen LogP contribution is -2.08. The van der Waals surface area contributed by atoms with Crippen molar-refractivity contribution in [1.29, 1.82) is 0 Å². The van der Waals surface area contributed by atoms with Crippen molar-refractivity contribution in [3.8, 4) is 5.75 Å². The van der Waals surface area contributed by atoms with Gasteiger partial charge in [-0.25, -0.2) is 4.79 Å². The van der Waals surface area contributed by atoms with Crippen molar-refractivity contribution in [2.45, 2.75) is 26.2 Å². The van der Waals surface area contributed by atoms with Gasteiger partial charge in [0.2, 0.25) is 0 Å². The highest BCUT2D eigenvalue weighted by atomic mass is 16.5. The maximum absolute atomic E-state index is 11.8. The maximum atomic E-state index is 11.8. The van der Waals surface area contributed by atoms with Gasteiger partial charge in [0.25, 0.3) is 0 Å². The predicted molar refractivity (Wildman–Crippen MR) is 84.6 cm³/mol. The second-order valence-corrected chi connectivity index (χ2v) is 4.90. The number of rotatable bonds is 11. The van der Waals surface area contributed by atoms with Crippen LogP contribution in [0.5, 0.6) is 5.75 Å². The van der Waals surface area contributed by atoms with Crippen LogP contribution in [0.1, 0.15) is 36.5 Å². The molecule has 1 rings (SSSR count). The molecule has 0 heterocycles. The van der Waals surface area contributed by atoms with E-state index in [9.17, 15) is 9.59 Å². The summed E-state index contributed by atoms with van der Waals surface area (Å²) in [7, 11) is 1.61. The zero-order valence-electron chi connectivity index (χ0n) is 13.7. The Labute approximate surface area is 136 Å². The van der Waals surface area contributed by atoms with Crippen LogP contribution >= 0.6 is 0 Å². The fraction of sp³-hybridized carbons (Fsp3) is 0.529. The number of hydrogen-bond donors (Lipinski definition) is 0. The van der Waals surface area contributed by atoms with Gasteiger partial charge in [-0.2, -0.15) is 0 Å². The van der Waals surface area contributed by atoms with Gasteiger partial charge in [-0.1, -0.05) is 0 Å². The van der Waals surface area contributed by atoms with Crippen molar-refractivity contribution in [3.05, 3.63) is 29.8 Å². The first-order valence-corrected chi connectivity index (χ1v) is 7.65. The highest BCUT2D eigenvalue weighted by Crippen LogP contribution is 2.13. The highest BCUT2D eigenvalue weighted by molar-refractivity contribution is 5.89. The van der Waals surface area contributed by atoms with Crippen molar-refractivity contribution in [3.63, 3.8) is 0 Å². The van der Waals surface area contributed by atoms with Crippen LogP contribution in [0.25, 0.3) is 0 Å². The Balaban J connectivity index is 2.18. The summed E-state index contributed by atoms with van der Waals surface area (Å²) in [4.78, 5) is 22.4. The summed E-state index contributed by atoms with van der Waals surface area (Å²) in [6.45, 7) is 3.13. The Morgan fingerprint density at radius 2 is 1.52 bits per heavy atom. The van der Waals surface area contributed by atoms with Crippen molar-refractivity contribution < 1.29 is 28.5 Å². The minimum atomic E-state index is -0.353. The molecule has 0 atom stereocenters. The molecule has 0 saturated carbocycles. The molecule has 0 aromatic heterocycles. The highest BCUT2D eigenvalue weighted by Gasteiger charge is 2.07. The molecule has 0 N–H and O–H groups in total. The van der Waals surface area contributed by atoms with Crippen LogP contribution in [0.2, 0.25) is 0 Å². The van der Waals surface area contributed by atoms with Crippen LogP contribution in [0, 0.1) is 0 Å². The van der Waals surface area contributed by atoms with E-state index in [2.05, 4.69) is 0 Å². The summed E-state index contributed by atoms with van der Waals surface area (Å²) in [6, 6.07) is 6.80. The number of hydrogen-bond acceptors (Lipinski definition) is 6. The van der Waals surface area contributed by atoms with E-state index < -0.39 is 0 Å². The molecule has 1 aromatic rings.